The molecule has 4 heteroatoms. The van der Waals surface area contributed by atoms with Crippen molar-refractivity contribution < 1.29 is 9.90 Å². The van der Waals surface area contributed by atoms with Crippen LogP contribution in [0.5, 0.6) is 0 Å². The van der Waals surface area contributed by atoms with E-state index >= 15 is 0 Å². The maximum Gasteiger partial charge on any atom is 0.220 e. The molecule has 0 saturated carbocycles. The first-order valence-electron chi connectivity index (χ1n) is 5.38. The van der Waals surface area contributed by atoms with E-state index in [4.69, 9.17) is 5.11 Å². The number of nitrogens with zero attached hydrogens (tertiary/aromatic N) is 1. The Labute approximate surface area is 85.3 Å². The van der Waals surface area contributed by atoms with Gasteiger partial charge in [-0.05, 0) is 19.4 Å². The molecular formula is C10H20N2O2. The second-order valence-electron chi connectivity index (χ2n) is 3.77. The molecule has 0 spiro atoms. The monoisotopic (exact) mass is 200 g/mol. The number of hydrogen-bond donors (Lipinski definition) is 2. The zero-order chi connectivity index (χ0) is 10.4. The van der Waals surface area contributed by atoms with Crippen molar-refractivity contribution in [1.29, 1.82) is 0 Å². The van der Waals surface area contributed by atoms with E-state index in [0.29, 0.717) is 12.5 Å². The Hall–Kier alpha value is -0.610. The number of carbonyl (C=O) groups excluding carboxylic acids is 1. The van der Waals surface area contributed by atoms with Gasteiger partial charge in [0.15, 0.2) is 0 Å². The first kappa shape index (κ1) is 11.5. The minimum atomic E-state index is 0.174. The lowest BCUT2D eigenvalue weighted by Crippen LogP contribution is -2.39. The molecule has 1 aliphatic heterocycles. The molecule has 4 nitrogen and oxygen atoms in total. The van der Waals surface area contributed by atoms with Gasteiger partial charge in [-0.3, -0.25) is 4.79 Å². The molecule has 1 saturated heterocycles. The second kappa shape index (κ2) is 5.98. The van der Waals surface area contributed by atoms with Crippen molar-refractivity contribution in [2.75, 3.05) is 26.2 Å². The van der Waals surface area contributed by atoms with Gasteiger partial charge >= 0.3 is 0 Å². The molecule has 1 aliphatic rings. The Kier molecular flexibility index (Phi) is 4.90. The van der Waals surface area contributed by atoms with Gasteiger partial charge in [-0.25, -0.2) is 0 Å². The van der Waals surface area contributed by atoms with Gasteiger partial charge in [0.05, 0.1) is 0 Å². The van der Waals surface area contributed by atoms with Gasteiger partial charge in [-0.1, -0.05) is 6.92 Å². The Morgan fingerprint density at radius 2 is 2.43 bits per heavy atom. The minimum absolute atomic E-state index is 0.174. The van der Waals surface area contributed by atoms with Gasteiger partial charge < -0.3 is 15.3 Å². The fourth-order valence-corrected chi connectivity index (χ4v) is 1.80. The van der Waals surface area contributed by atoms with Crippen molar-refractivity contribution in [2.24, 2.45) is 0 Å². The molecule has 1 atom stereocenters. The van der Waals surface area contributed by atoms with Crippen molar-refractivity contribution >= 4 is 5.91 Å². The molecule has 1 fully saturated rings. The van der Waals surface area contributed by atoms with E-state index in [9.17, 15) is 4.79 Å². The summed E-state index contributed by atoms with van der Waals surface area (Å²) in [5.41, 5.74) is 0. The molecule has 2 N–H and O–H groups in total. The zero-order valence-corrected chi connectivity index (χ0v) is 8.83. The SMILES string of the molecule is CCN(CCCO)CC1CCC(=O)N1. The van der Waals surface area contributed by atoms with Crippen LogP contribution < -0.4 is 5.32 Å². The number of amides is 1. The van der Waals surface area contributed by atoms with Crippen molar-refractivity contribution in [3.8, 4) is 0 Å². The van der Waals surface area contributed by atoms with Crippen LogP contribution in [0, 0.1) is 0 Å². The average molecular weight is 200 g/mol. The van der Waals surface area contributed by atoms with Crippen LogP contribution in [0.4, 0.5) is 0 Å². The molecular weight excluding hydrogens is 180 g/mol. The van der Waals surface area contributed by atoms with Crippen molar-refractivity contribution in [3.05, 3.63) is 0 Å². The molecule has 0 radical (unpaired) electrons. The zero-order valence-electron chi connectivity index (χ0n) is 8.83. The van der Waals surface area contributed by atoms with Crippen molar-refractivity contribution in [2.45, 2.75) is 32.2 Å². The number of rotatable bonds is 6. The summed E-state index contributed by atoms with van der Waals surface area (Å²) in [7, 11) is 0. The number of hydrogen-bond acceptors (Lipinski definition) is 3. The highest BCUT2D eigenvalue weighted by atomic mass is 16.3. The number of aliphatic hydroxyl groups excluding tert-OH is 1. The summed E-state index contributed by atoms with van der Waals surface area (Å²) in [6.07, 6.45) is 2.44. The Balaban J connectivity index is 2.22. The van der Waals surface area contributed by atoms with Crippen LogP contribution in [0.3, 0.4) is 0 Å². The number of carbonyl (C=O) groups is 1. The Morgan fingerprint density at radius 3 is 2.93 bits per heavy atom. The second-order valence-corrected chi connectivity index (χ2v) is 3.77. The van der Waals surface area contributed by atoms with Crippen molar-refractivity contribution in [3.63, 3.8) is 0 Å². The number of likely N-dealkylation sites (N-methyl/N-ethyl adjacent to an activating group) is 1. The van der Waals surface area contributed by atoms with E-state index in [1.807, 2.05) is 0 Å². The summed E-state index contributed by atoms with van der Waals surface area (Å²) in [6.45, 7) is 5.16. The summed E-state index contributed by atoms with van der Waals surface area (Å²) >= 11 is 0. The van der Waals surface area contributed by atoms with Gasteiger partial charge in [-0.2, -0.15) is 0 Å². The van der Waals surface area contributed by atoms with Crippen LogP contribution in [0.2, 0.25) is 0 Å². The third-order valence-corrected chi connectivity index (χ3v) is 2.64. The molecule has 82 valence electrons. The average Bonchev–Trinajstić information content (AvgIpc) is 2.58. The fourth-order valence-electron chi connectivity index (χ4n) is 1.80. The van der Waals surface area contributed by atoms with E-state index < -0.39 is 0 Å². The minimum Gasteiger partial charge on any atom is -0.396 e. The van der Waals surface area contributed by atoms with Crippen LogP contribution >= 0.6 is 0 Å². The van der Waals surface area contributed by atoms with Gasteiger partial charge in [0, 0.05) is 32.2 Å². The normalized spacial score (nSPS) is 21.6. The molecule has 1 unspecified atom stereocenters. The molecule has 0 aromatic carbocycles. The molecule has 0 aromatic rings. The summed E-state index contributed by atoms with van der Waals surface area (Å²) in [4.78, 5) is 13.2. The smallest absolute Gasteiger partial charge is 0.220 e. The Morgan fingerprint density at radius 1 is 1.64 bits per heavy atom. The van der Waals surface area contributed by atoms with Crippen molar-refractivity contribution in [1.82, 2.24) is 10.2 Å². The predicted octanol–water partition coefficient (Wildman–Crippen LogP) is -0.0307. The highest BCUT2D eigenvalue weighted by molar-refractivity contribution is 5.78. The lowest BCUT2D eigenvalue weighted by atomic mass is 10.2. The molecule has 1 heterocycles. The quantitative estimate of drug-likeness (QED) is 0.633. The van der Waals surface area contributed by atoms with Crippen LogP contribution in [0.15, 0.2) is 0 Å². The molecule has 1 amide bonds. The third-order valence-electron chi connectivity index (χ3n) is 2.64. The maximum absolute atomic E-state index is 11.0. The summed E-state index contributed by atoms with van der Waals surface area (Å²) in [5, 5.41) is 11.7. The summed E-state index contributed by atoms with van der Waals surface area (Å²) in [5.74, 6) is 0.174. The van der Waals surface area contributed by atoms with E-state index in [1.165, 1.54) is 0 Å². The Bertz CT molecular complexity index is 185. The molecule has 14 heavy (non-hydrogen) atoms. The number of aliphatic hydroxyl groups is 1. The largest absolute Gasteiger partial charge is 0.396 e. The number of nitrogens with one attached hydrogen (secondary N) is 1. The van der Waals surface area contributed by atoms with Gasteiger partial charge in [0.25, 0.3) is 0 Å². The molecule has 1 rings (SSSR count). The summed E-state index contributed by atoms with van der Waals surface area (Å²) in [6, 6.07) is 0.321. The third kappa shape index (κ3) is 3.64. The topological polar surface area (TPSA) is 52.6 Å². The highest BCUT2D eigenvalue weighted by Crippen LogP contribution is 2.08. The molecule has 0 bridgehead atoms. The van der Waals surface area contributed by atoms with Crippen LogP contribution in [-0.2, 0) is 4.79 Å². The lowest BCUT2D eigenvalue weighted by Gasteiger charge is -2.23. The van der Waals surface area contributed by atoms with E-state index in [0.717, 1.165) is 32.5 Å². The van der Waals surface area contributed by atoms with Crippen LogP contribution in [0.1, 0.15) is 26.2 Å². The maximum atomic E-state index is 11.0. The van der Waals surface area contributed by atoms with E-state index in [-0.39, 0.29) is 12.5 Å². The van der Waals surface area contributed by atoms with E-state index in [1.54, 1.807) is 0 Å². The van der Waals surface area contributed by atoms with Crippen LogP contribution in [-0.4, -0.2) is 48.2 Å². The van der Waals surface area contributed by atoms with Gasteiger partial charge in [-0.15, -0.1) is 0 Å². The van der Waals surface area contributed by atoms with Gasteiger partial charge in [0.2, 0.25) is 5.91 Å². The predicted molar refractivity (Wildman–Crippen MR) is 55.0 cm³/mol. The molecule has 0 aliphatic carbocycles. The summed E-state index contributed by atoms with van der Waals surface area (Å²) < 4.78 is 0. The lowest BCUT2D eigenvalue weighted by molar-refractivity contribution is -0.119. The fraction of sp³-hybridized carbons (Fsp3) is 0.900. The molecule has 0 aromatic heterocycles. The van der Waals surface area contributed by atoms with Gasteiger partial charge in [0.1, 0.15) is 0 Å². The first-order chi connectivity index (χ1) is 6.76. The van der Waals surface area contributed by atoms with E-state index in [2.05, 4.69) is 17.1 Å². The highest BCUT2D eigenvalue weighted by Gasteiger charge is 2.22. The first-order valence-corrected chi connectivity index (χ1v) is 5.38. The standard InChI is InChI=1S/C10H20N2O2/c1-2-12(6-3-7-13)8-9-4-5-10(14)11-9/h9,13H,2-8H2,1H3,(H,11,14). The van der Waals surface area contributed by atoms with Crippen LogP contribution in [0.25, 0.3) is 0 Å².